The number of nitrogen functional groups attached to an aromatic ring is 1. The Bertz CT molecular complexity index is 1450. The van der Waals surface area contributed by atoms with Crippen molar-refractivity contribution in [3.05, 3.63) is 86.2 Å². The van der Waals surface area contributed by atoms with Gasteiger partial charge in [-0.1, -0.05) is 17.7 Å². The molecule has 3 heterocycles. The summed E-state index contributed by atoms with van der Waals surface area (Å²) < 4.78 is 19.6. The SMILES string of the molecule is Cc1cc([C@@H](C)Nc2ccc(Cl)nc2C(=N)N)c2oc(-c3ccc(F)cn3)c(C)c(=O)c2c1. The van der Waals surface area contributed by atoms with Crippen LogP contribution in [0.2, 0.25) is 5.15 Å². The first-order valence-electron chi connectivity index (χ1n) is 10.1. The van der Waals surface area contributed by atoms with Crippen LogP contribution in [0.3, 0.4) is 0 Å². The van der Waals surface area contributed by atoms with Crippen molar-refractivity contribution in [3.8, 4) is 11.5 Å². The monoisotopic (exact) mass is 465 g/mol. The van der Waals surface area contributed by atoms with Gasteiger partial charge in [0.05, 0.1) is 23.3 Å². The smallest absolute Gasteiger partial charge is 0.196 e. The molecule has 0 aliphatic heterocycles. The molecule has 4 aromatic rings. The number of benzene rings is 1. The molecule has 0 aliphatic carbocycles. The van der Waals surface area contributed by atoms with Crippen molar-refractivity contribution in [1.82, 2.24) is 9.97 Å². The van der Waals surface area contributed by atoms with E-state index in [1.165, 1.54) is 12.1 Å². The van der Waals surface area contributed by atoms with Crippen LogP contribution in [0.1, 0.15) is 35.3 Å². The third-order valence-electron chi connectivity index (χ3n) is 5.31. The van der Waals surface area contributed by atoms with Crippen LogP contribution >= 0.6 is 11.6 Å². The fourth-order valence-electron chi connectivity index (χ4n) is 3.71. The molecule has 1 atom stereocenters. The van der Waals surface area contributed by atoms with E-state index in [0.717, 1.165) is 17.3 Å². The largest absolute Gasteiger partial charge is 0.454 e. The van der Waals surface area contributed by atoms with Gasteiger partial charge in [-0.3, -0.25) is 10.2 Å². The number of anilines is 1. The Morgan fingerprint density at radius 2 is 2.00 bits per heavy atom. The van der Waals surface area contributed by atoms with Crippen LogP contribution in [-0.4, -0.2) is 15.8 Å². The second kappa shape index (κ2) is 8.63. The summed E-state index contributed by atoms with van der Waals surface area (Å²) >= 11 is 5.96. The first-order chi connectivity index (χ1) is 15.7. The number of nitrogens with zero attached hydrogens (tertiary/aromatic N) is 2. The van der Waals surface area contributed by atoms with Gasteiger partial charge in [-0.15, -0.1) is 0 Å². The van der Waals surface area contributed by atoms with Crippen molar-refractivity contribution in [3.63, 3.8) is 0 Å². The highest BCUT2D eigenvalue weighted by atomic mass is 35.5. The topological polar surface area (TPSA) is 118 Å². The quantitative estimate of drug-likeness (QED) is 0.214. The zero-order chi connectivity index (χ0) is 23.9. The summed E-state index contributed by atoms with van der Waals surface area (Å²) in [5.41, 5.74) is 8.97. The van der Waals surface area contributed by atoms with Gasteiger partial charge in [-0.2, -0.15) is 0 Å². The van der Waals surface area contributed by atoms with Gasteiger partial charge in [0.25, 0.3) is 0 Å². The predicted octanol–water partition coefficient (Wildman–Crippen LogP) is 5.12. The second-order valence-electron chi connectivity index (χ2n) is 7.79. The molecule has 0 aliphatic rings. The number of fused-ring (bicyclic) bond motifs is 1. The van der Waals surface area contributed by atoms with Crippen molar-refractivity contribution in [2.75, 3.05) is 5.32 Å². The molecule has 0 bridgehead atoms. The third-order valence-corrected chi connectivity index (χ3v) is 5.52. The highest BCUT2D eigenvalue weighted by Crippen LogP contribution is 2.32. The lowest BCUT2D eigenvalue weighted by Gasteiger charge is -2.20. The van der Waals surface area contributed by atoms with Crippen LogP contribution in [-0.2, 0) is 0 Å². The minimum Gasteiger partial charge on any atom is -0.454 e. The average molecular weight is 466 g/mol. The van der Waals surface area contributed by atoms with E-state index in [1.807, 2.05) is 19.9 Å². The summed E-state index contributed by atoms with van der Waals surface area (Å²) in [6.07, 6.45) is 1.08. The summed E-state index contributed by atoms with van der Waals surface area (Å²) in [5, 5.41) is 11.7. The van der Waals surface area contributed by atoms with Gasteiger partial charge < -0.3 is 15.5 Å². The molecule has 7 nitrogen and oxygen atoms in total. The highest BCUT2D eigenvalue weighted by molar-refractivity contribution is 6.29. The summed E-state index contributed by atoms with van der Waals surface area (Å²) in [4.78, 5) is 21.4. The van der Waals surface area contributed by atoms with E-state index >= 15 is 0 Å². The maximum atomic E-state index is 13.4. The fourth-order valence-corrected chi connectivity index (χ4v) is 3.86. The van der Waals surface area contributed by atoms with E-state index in [4.69, 9.17) is 27.2 Å². The number of nitrogens with one attached hydrogen (secondary N) is 2. The van der Waals surface area contributed by atoms with Crippen molar-refractivity contribution in [1.29, 1.82) is 5.41 Å². The summed E-state index contributed by atoms with van der Waals surface area (Å²) in [6.45, 7) is 5.45. The van der Waals surface area contributed by atoms with Gasteiger partial charge in [0.15, 0.2) is 11.2 Å². The van der Waals surface area contributed by atoms with Crippen LogP contribution < -0.4 is 16.5 Å². The van der Waals surface area contributed by atoms with E-state index in [9.17, 15) is 9.18 Å². The van der Waals surface area contributed by atoms with Gasteiger partial charge in [0.2, 0.25) is 0 Å². The zero-order valence-electron chi connectivity index (χ0n) is 18.2. The molecule has 0 unspecified atom stereocenters. The Labute approximate surface area is 194 Å². The number of aromatic nitrogens is 2. The van der Waals surface area contributed by atoms with Crippen molar-refractivity contribution in [2.24, 2.45) is 5.73 Å². The Hall–Kier alpha value is -3.78. The van der Waals surface area contributed by atoms with Gasteiger partial charge in [-0.05, 0) is 56.7 Å². The lowest BCUT2D eigenvalue weighted by molar-refractivity contribution is 0.598. The van der Waals surface area contributed by atoms with E-state index < -0.39 is 5.82 Å². The van der Waals surface area contributed by atoms with Crippen LogP contribution in [0.25, 0.3) is 22.4 Å². The molecule has 4 N–H and O–H groups in total. The van der Waals surface area contributed by atoms with Crippen LogP contribution in [0, 0.1) is 25.1 Å². The lowest BCUT2D eigenvalue weighted by atomic mass is 9.99. The van der Waals surface area contributed by atoms with Crippen molar-refractivity contribution < 1.29 is 8.81 Å². The van der Waals surface area contributed by atoms with Crippen molar-refractivity contribution in [2.45, 2.75) is 26.8 Å². The molecule has 1 aromatic carbocycles. The maximum Gasteiger partial charge on any atom is 0.196 e. The Balaban J connectivity index is 1.88. The molecule has 3 aromatic heterocycles. The van der Waals surface area contributed by atoms with Crippen LogP contribution in [0.5, 0.6) is 0 Å². The minimum atomic E-state index is -0.480. The number of halogens is 2. The third kappa shape index (κ3) is 4.29. The predicted molar refractivity (Wildman–Crippen MR) is 127 cm³/mol. The fraction of sp³-hybridized carbons (Fsp3) is 0.167. The molecule has 4 rings (SSSR count). The number of rotatable bonds is 5. The van der Waals surface area contributed by atoms with E-state index in [0.29, 0.717) is 27.9 Å². The molecule has 168 valence electrons. The number of hydrogen-bond acceptors (Lipinski definition) is 6. The molecule has 33 heavy (non-hydrogen) atoms. The van der Waals surface area contributed by atoms with E-state index in [-0.39, 0.29) is 33.9 Å². The highest BCUT2D eigenvalue weighted by Gasteiger charge is 2.20. The standard InChI is InChI=1S/C24H21ClFN5O2/c1-11-8-15(13(3)30-17-6-7-19(25)31-20(17)24(27)28)23-16(9-11)21(32)12(2)22(33-23)18-5-4-14(26)10-29-18/h4-10,13,30H,1-3H3,(H3,27,28)/t13-/m1/s1. The number of pyridine rings is 2. The van der Waals surface area contributed by atoms with Crippen molar-refractivity contribution >= 4 is 34.1 Å². The van der Waals surface area contributed by atoms with E-state index in [1.54, 1.807) is 25.1 Å². The number of hydrogen-bond donors (Lipinski definition) is 3. The van der Waals surface area contributed by atoms with Gasteiger partial charge in [0, 0.05) is 11.1 Å². The van der Waals surface area contributed by atoms with E-state index in [2.05, 4.69) is 15.3 Å². The molecule has 9 heteroatoms. The molecule has 0 saturated carbocycles. The summed E-state index contributed by atoms with van der Waals surface area (Å²) in [5.74, 6) is -0.429. The molecule has 0 saturated heterocycles. The molecule has 0 amide bonds. The first kappa shape index (κ1) is 22.4. The molecular formula is C24H21ClFN5O2. The van der Waals surface area contributed by atoms with Crippen LogP contribution in [0.15, 0.2) is 51.8 Å². The van der Waals surface area contributed by atoms with Gasteiger partial charge >= 0.3 is 0 Å². The molecular weight excluding hydrogens is 445 g/mol. The normalized spacial score (nSPS) is 12.0. The first-order valence-corrected chi connectivity index (χ1v) is 10.5. The molecule has 0 fully saturated rings. The average Bonchev–Trinajstić information content (AvgIpc) is 2.77. The summed E-state index contributed by atoms with van der Waals surface area (Å²) in [6, 6.07) is 9.36. The summed E-state index contributed by atoms with van der Waals surface area (Å²) in [7, 11) is 0. The number of amidine groups is 1. The van der Waals surface area contributed by atoms with Crippen LogP contribution in [0.4, 0.5) is 10.1 Å². The Morgan fingerprint density at radius 1 is 1.24 bits per heavy atom. The minimum absolute atomic E-state index is 0.188. The van der Waals surface area contributed by atoms with Gasteiger partial charge in [-0.25, -0.2) is 14.4 Å². The maximum absolute atomic E-state index is 13.4. The Morgan fingerprint density at radius 3 is 2.67 bits per heavy atom. The molecule has 0 radical (unpaired) electrons. The number of aryl methyl sites for hydroxylation is 1. The second-order valence-corrected chi connectivity index (χ2v) is 8.17. The molecule has 0 spiro atoms. The Kier molecular flexibility index (Phi) is 5.86. The number of nitrogens with two attached hydrogens (primary N) is 1. The van der Waals surface area contributed by atoms with Gasteiger partial charge in [0.1, 0.15) is 33.8 Å². The zero-order valence-corrected chi connectivity index (χ0v) is 18.9. The lowest BCUT2D eigenvalue weighted by Crippen LogP contribution is -2.18.